The fourth-order valence-corrected chi connectivity index (χ4v) is 1.55. The number of amides is 2. The van der Waals surface area contributed by atoms with Crippen molar-refractivity contribution in [3.63, 3.8) is 0 Å². The first-order valence-electron chi connectivity index (χ1n) is 5.09. The van der Waals surface area contributed by atoms with Gasteiger partial charge in [0.1, 0.15) is 11.8 Å². The number of nitrogens with two attached hydrogens (primary N) is 1. The lowest BCUT2D eigenvalue weighted by Crippen LogP contribution is -2.47. The Balaban J connectivity index is 2.80. The second-order valence-corrected chi connectivity index (χ2v) is 4.29. The number of hydrogen-bond donors (Lipinski definition) is 2. The molecule has 5 nitrogen and oxygen atoms in total. The molecule has 0 aromatic carbocycles. The zero-order valence-corrected chi connectivity index (χ0v) is 9.28. The molecule has 15 heavy (non-hydrogen) atoms. The molecule has 0 aromatic rings. The molecule has 0 bridgehead atoms. The Morgan fingerprint density at radius 1 is 1.40 bits per heavy atom. The zero-order chi connectivity index (χ0) is 11.6. The first-order valence-corrected chi connectivity index (χ1v) is 5.09. The molecule has 0 saturated carbocycles. The Labute approximate surface area is 89.1 Å². The molecule has 1 rings (SSSR count). The topological polar surface area (TPSA) is 84.5 Å². The van der Waals surface area contributed by atoms with Crippen LogP contribution in [0.25, 0.3) is 0 Å². The molecule has 0 fully saturated rings. The molecular weight excluding hydrogens is 194 g/mol. The van der Waals surface area contributed by atoms with Crippen LogP contribution >= 0.6 is 0 Å². The second-order valence-electron chi connectivity index (χ2n) is 4.29. The van der Waals surface area contributed by atoms with Gasteiger partial charge in [-0.25, -0.2) is 0 Å². The summed E-state index contributed by atoms with van der Waals surface area (Å²) in [6, 6.07) is -0.118. The standard InChI is InChI=1S/C10H17N3O2/c1-5(2)8-9(14)12-7(4-6(3)11)13-10(8)15/h5-6,8H,4,11H2,1-3H3,(H,12,13,14,15). The maximum atomic E-state index is 11.6. The minimum atomic E-state index is -0.651. The van der Waals surface area contributed by atoms with Gasteiger partial charge in [-0.15, -0.1) is 0 Å². The van der Waals surface area contributed by atoms with Gasteiger partial charge in [0.15, 0.2) is 0 Å². The smallest absolute Gasteiger partial charge is 0.260 e. The van der Waals surface area contributed by atoms with E-state index < -0.39 is 5.92 Å². The van der Waals surface area contributed by atoms with Crippen LogP contribution in [-0.2, 0) is 9.59 Å². The SMILES string of the molecule is CC(N)CC1=NC(=O)C(C(C)C)C(=O)N1. The van der Waals surface area contributed by atoms with Crippen LogP contribution in [-0.4, -0.2) is 23.7 Å². The van der Waals surface area contributed by atoms with Crippen LogP contribution in [0, 0.1) is 11.8 Å². The zero-order valence-electron chi connectivity index (χ0n) is 9.28. The van der Waals surface area contributed by atoms with E-state index in [2.05, 4.69) is 10.3 Å². The highest BCUT2D eigenvalue weighted by molar-refractivity contribution is 6.16. The molecule has 0 aromatic heterocycles. The van der Waals surface area contributed by atoms with Gasteiger partial charge in [-0.05, 0) is 12.8 Å². The van der Waals surface area contributed by atoms with E-state index in [0.29, 0.717) is 12.3 Å². The Morgan fingerprint density at radius 2 is 2.00 bits per heavy atom. The summed E-state index contributed by atoms with van der Waals surface area (Å²) in [5.74, 6) is -0.915. The Hall–Kier alpha value is -1.23. The van der Waals surface area contributed by atoms with Gasteiger partial charge in [-0.2, -0.15) is 4.99 Å². The van der Waals surface area contributed by atoms with E-state index in [0.717, 1.165) is 0 Å². The van der Waals surface area contributed by atoms with Crippen LogP contribution in [0.15, 0.2) is 4.99 Å². The van der Waals surface area contributed by atoms with Crippen molar-refractivity contribution in [1.82, 2.24) is 5.32 Å². The maximum Gasteiger partial charge on any atom is 0.260 e. The molecule has 5 heteroatoms. The van der Waals surface area contributed by atoms with Crippen LogP contribution < -0.4 is 11.1 Å². The number of carbonyl (C=O) groups is 2. The number of hydrogen-bond acceptors (Lipinski definition) is 3. The summed E-state index contributed by atoms with van der Waals surface area (Å²) in [6.45, 7) is 5.45. The molecule has 1 aliphatic rings. The largest absolute Gasteiger partial charge is 0.328 e. The van der Waals surface area contributed by atoms with Crippen LogP contribution in [0.1, 0.15) is 27.2 Å². The lowest BCUT2D eigenvalue weighted by Gasteiger charge is -2.23. The normalized spacial score (nSPS) is 23.8. The quantitative estimate of drug-likeness (QED) is 0.647. The van der Waals surface area contributed by atoms with Crippen LogP contribution in [0.5, 0.6) is 0 Å². The van der Waals surface area contributed by atoms with E-state index in [4.69, 9.17) is 5.73 Å². The molecule has 0 saturated heterocycles. The predicted molar refractivity (Wildman–Crippen MR) is 57.2 cm³/mol. The summed E-state index contributed by atoms with van der Waals surface area (Å²) in [4.78, 5) is 27.0. The molecule has 0 spiro atoms. The van der Waals surface area contributed by atoms with Gasteiger partial charge >= 0.3 is 0 Å². The number of aliphatic imine (C=N–C) groups is 1. The van der Waals surface area contributed by atoms with Gasteiger partial charge < -0.3 is 11.1 Å². The molecule has 2 amide bonds. The Bertz CT molecular complexity index is 308. The summed E-state index contributed by atoms with van der Waals surface area (Å²) in [5.41, 5.74) is 5.57. The van der Waals surface area contributed by atoms with Crippen LogP contribution in [0.2, 0.25) is 0 Å². The van der Waals surface area contributed by atoms with Crippen molar-refractivity contribution in [2.75, 3.05) is 0 Å². The molecule has 0 aliphatic carbocycles. The average Bonchev–Trinajstić information content (AvgIpc) is 1.99. The van der Waals surface area contributed by atoms with E-state index in [1.165, 1.54) is 0 Å². The number of nitrogens with one attached hydrogen (secondary N) is 1. The first kappa shape index (κ1) is 11.8. The highest BCUT2D eigenvalue weighted by Crippen LogP contribution is 2.16. The summed E-state index contributed by atoms with van der Waals surface area (Å²) in [7, 11) is 0. The molecule has 0 radical (unpaired) electrons. The van der Waals surface area contributed by atoms with E-state index in [1.807, 2.05) is 13.8 Å². The number of rotatable bonds is 3. The van der Waals surface area contributed by atoms with Gasteiger partial charge in [-0.3, -0.25) is 9.59 Å². The highest BCUT2D eigenvalue weighted by atomic mass is 16.2. The lowest BCUT2D eigenvalue weighted by atomic mass is 9.93. The fraction of sp³-hybridized carbons (Fsp3) is 0.700. The maximum absolute atomic E-state index is 11.6. The van der Waals surface area contributed by atoms with Crippen molar-refractivity contribution in [2.24, 2.45) is 22.6 Å². The minimum absolute atomic E-state index is 0.0295. The monoisotopic (exact) mass is 211 g/mol. The third kappa shape index (κ3) is 2.86. The number of amidine groups is 1. The van der Waals surface area contributed by atoms with Gasteiger partial charge in [0, 0.05) is 12.5 Å². The van der Waals surface area contributed by atoms with Crippen molar-refractivity contribution in [3.05, 3.63) is 0 Å². The molecule has 3 N–H and O–H groups in total. The van der Waals surface area contributed by atoms with E-state index in [1.54, 1.807) is 6.92 Å². The third-order valence-corrected chi connectivity index (χ3v) is 2.24. The predicted octanol–water partition coefficient (Wildman–Crippen LogP) is 0.0508. The lowest BCUT2D eigenvalue weighted by molar-refractivity contribution is -0.135. The molecule has 2 atom stereocenters. The van der Waals surface area contributed by atoms with Crippen LogP contribution in [0.3, 0.4) is 0 Å². The van der Waals surface area contributed by atoms with Gasteiger partial charge in [0.2, 0.25) is 5.91 Å². The molecule has 1 heterocycles. The molecule has 2 unspecified atom stereocenters. The first-order chi connectivity index (χ1) is 6.91. The Kier molecular flexibility index (Phi) is 3.57. The van der Waals surface area contributed by atoms with Crippen molar-refractivity contribution < 1.29 is 9.59 Å². The van der Waals surface area contributed by atoms with Gasteiger partial charge in [-0.1, -0.05) is 13.8 Å². The molecular formula is C10H17N3O2. The van der Waals surface area contributed by atoms with Crippen molar-refractivity contribution in [3.8, 4) is 0 Å². The highest BCUT2D eigenvalue weighted by Gasteiger charge is 2.34. The minimum Gasteiger partial charge on any atom is -0.328 e. The van der Waals surface area contributed by atoms with Crippen molar-refractivity contribution in [1.29, 1.82) is 0 Å². The Morgan fingerprint density at radius 3 is 2.40 bits per heavy atom. The van der Waals surface area contributed by atoms with Crippen molar-refractivity contribution >= 4 is 17.6 Å². The van der Waals surface area contributed by atoms with Crippen molar-refractivity contribution in [2.45, 2.75) is 33.2 Å². The van der Waals surface area contributed by atoms with Crippen LogP contribution in [0.4, 0.5) is 0 Å². The van der Waals surface area contributed by atoms with E-state index in [9.17, 15) is 9.59 Å². The van der Waals surface area contributed by atoms with E-state index in [-0.39, 0.29) is 23.8 Å². The molecule has 84 valence electrons. The van der Waals surface area contributed by atoms with Gasteiger partial charge in [0.05, 0.1) is 0 Å². The summed E-state index contributed by atoms with van der Waals surface area (Å²) >= 11 is 0. The van der Waals surface area contributed by atoms with Gasteiger partial charge in [0.25, 0.3) is 5.91 Å². The summed E-state index contributed by atoms with van der Waals surface area (Å²) < 4.78 is 0. The van der Waals surface area contributed by atoms with E-state index >= 15 is 0 Å². The average molecular weight is 211 g/mol. The fourth-order valence-electron chi connectivity index (χ4n) is 1.55. The second kappa shape index (κ2) is 4.53. The number of nitrogens with zero attached hydrogens (tertiary/aromatic N) is 1. The number of carbonyl (C=O) groups excluding carboxylic acids is 2. The molecule has 1 aliphatic heterocycles. The summed E-state index contributed by atoms with van der Waals surface area (Å²) in [5, 5.41) is 2.62. The summed E-state index contributed by atoms with van der Waals surface area (Å²) in [6.07, 6.45) is 0.419. The third-order valence-electron chi connectivity index (χ3n) is 2.24.